The number of ether oxygens (including phenoxy) is 5. The first kappa shape index (κ1) is 23.8. The van der Waals surface area contributed by atoms with Crippen molar-refractivity contribution in [2.75, 3.05) is 26.9 Å². The first-order valence-electron chi connectivity index (χ1n) is 10.3. The Morgan fingerprint density at radius 3 is 2.31 bits per heavy atom. The molecule has 0 aromatic carbocycles. The van der Waals surface area contributed by atoms with Gasteiger partial charge >= 0.3 is 0 Å². The summed E-state index contributed by atoms with van der Waals surface area (Å²) in [4.78, 5) is 0. The van der Waals surface area contributed by atoms with Crippen LogP contribution in [0, 0.1) is 0 Å². The van der Waals surface area contributed by atoms with Gasteiger partial charge in [0.05, 0.1) is 12.7 Å². The van der Waals surface area contributed by atoms with Crippen LogP contribution in [0.2, 0.25) is 0 Å². The van der Waals surface area contributed by atoms with Crippen molar-refractivity contribution < 1.29 is 28.8 Å². The van der Waals surface area contributed by atoms with Gasteiger partial charge in [-0.3, -0.25) is 0 Å². The molecule has 1 saturated heterocycles. The van der Waals surface area contributed by atoms with Crippen molar-refractivity contribution in [2.24, 2.45) is 0 Å². The van der Waals surface area contributed by atoms with Gasteiger partial charge in [-0.1, -0.05) is 39.5 Å². The molecular formula is C20H40O6. The summed E-state index contributed by atoms with van der Waals surface area (Å²) < 4.78 is 29.0. The highest BCUT2D eigenvalue weighted by atomic mass is 16.7. The van der Waals surface area contributed by atoms with E-state index in [4.69, 9.17) is 23.7 Å². The Kier molecular flexibility index (Phi) is 12.7. The minimum atomic E-state index is -0.807. The molecule has 0 radical (unpaired) electrons. The Labute approximate surface area is 159 Å². The Bertz CT molecular complexity index is 338. The van der Waals surface area contributed by atoms with Crippen LogP contribution < -0.4 is 0 Å². The lowest BCUT2D eigenvalue weighted by molar-refractivity contribution is -0.320. The second-order valence-electron chi connectivity index (χ2n) is 7.24. The van der Waals surface area contributed by atoms with Crippen molar-refractivity contribution in [3.8, 4) is 0 Å². The Balaban J connectivity index is 2.56. The number of rotatable bonds is 14. The zero-order valence-electron chi connectivity index (χ0n) is 17.3. The number of aliphatic hydroxyl groups excluding tert-OH is 1. The van der Waals surface area contributed by atoms with Gasteiger partial charge in [0.2, 0.25) is 0 Å². The largest absolute Gasteiger partial charge is 0.387 e. The maximum atomic E-state index is 10.7. The van der Waals surface area contributed by atoms with E-state index in [1.165, 1.54) is 25.7 Å². The maximum absolute atomic E-state index is 10.7. The molecular weight excluding hydrogens is 336 g/mol. The molecule has 0 amide bonds. The fraction of sp³-hybridized carbons (Fsp3) is 1.00. The third-order valence-electron chi connectivity index (χ3n) is 4.49. The molecule has 6 nitrogen and oxygen atoms in total. The molecule has 1 rings (SSSR count). The molecule has 0 saturated carbocycles. The normalized spacial score (nSPS) is 29.4. The van der Waals surface area contributed by atoms with Gasteiger partial charge in [-0.05, 0) is 26.7 Å². The molecule has 1 N–H and O–H groups in total. The van der Waals surface area contributed by atoms with Crippen LogP contribution in [0.25, 0.3) is 0 Å². The quantitative estimate of drug-likeness (QED) is 0.469. The molecule has 0 bridgehead atoms. The van der Waals surface area contributed by atoms with Crippen molar-refractivity contribution in [2.45, 2.75) is 103 Å². The van der Waals surface area contributed by atoms with Crippen molar-refractivity contribution in [3.05, 3.63) is 0 Å². The van der Waals surface area contributed by atoms with Gasteiger partial charge in [-0.25, -0.2) is 0 Å². The fourth-order valence-electron chi connectivity index (χ4n) is 3.11. The molecule has 1 fully saturated rings. The average molecular weight is 377 g/mol. The second-order valence-corrected chi connectivity index (χ2v) is 7.24. The van der Waals surface area contributed by atoms with E-state index < -0.39 is 30.7 Å². The minimum absolute atomic E-state index is 0.0140. The molecule has 0 aromatic rings. The van der Waals surface area contributed by atoms with E-state index >= 15 is 0 Å². The smallest absolute Gasteiger partial charge is 0.187 e. The highest BCUT2D eigenvalue weighted by Gasteiger charge is 2.47. The number of methoxy groups -OCH3 is 1. The van der Waals surface area contributed by atoms with Crippen LogP contribution in [0.4, 0.5) is 0 Å². The molecule has 1 aliphatic rings. The predicted molar refractivity (Wildman–Crippen MR) is 101 cm³/mol. The molecule has 0 aromatic heterocycles. The summed E-state index contributed by atoms with van der Waals surface area (Å²) in [5.41, 5.74) is 0. The number of hydrogen-bond acceptors (Lipinski definition) is 6. The number of aliphatic hydroxyl groups is 1. The highest BCUT2D eigenvalue weighted by molar-refractivity contribution is 4.91. The molecule has 5 unspecified atom stereocenters. The maximum Gasteiger partial charge on any atom is 0.187 e. The highest BCUT2D eigenvalue weighted by Crippen LogP contribution is 2.27. The van der Waals surface area contributed by atoms with E-state index in [0.717, 1.165) is 12.8 Å². The first-order chi connectivity index (χ1) is 12.5. The summed E-state index contributed by atoms with van der Waals surface area (Å²) in [6, 6.07) is 0. The molecule has 0 aliphatic carbocycles. The van der Waals surface area contributed by atoms with Crippen LogP contribution in [0.5, 0.6) is 0 Å². The van der Waals surface area contributed by atoms with Crippen molar-refractivity contribution in [3.63, 3.8) is 0 Å². The molecule has 6 heteroatoms. The molecule has 26 heavy (non-hydrogen) atoms. The van der Waals surface area contributed by atoms with Gasteiger partial charge < -0.3 is 28.8 Å². The first-order valence-corrected chi connectivity index (χ1v) is 10.3. The van der Waals surface area contributed by atoms with Gasteiger partial charge in [0, 0.05) is 20.3 Å². The molecule has 1 aliphatic heterocycles. The summed E-state index contributed by atoms with van der Waals surface area (Å²) in [5.74, 6) is 0. The standard InChI is InChI=1S/C20H40O6/c1-6-8-9-10-11-13-23-14-16-17(21)18(24-12-7-2)19(22-5)20(26-16)25-15(3)4/h15-21H,6-14H2,1-5H3. The van der Waals surface area contributed by atoms with E-state index in [0.29, 0.717) is 19.8 Å². The Hall–Kier alpha value is -0.240. The van der Waals surface area contributed by atoms with Crippen LogP contribution >= 0.6 is 0 Å². The van der Waals surface area contributed by atoms with E-state index in [1.54, 1.807) is 7.11 Å². The van der Waals surface area contributed by atoms with Crippen LogP contribution in [0.15, 0.2) is 0 Å². The minimum Gasteiger partial charge on any atom is -0.387 e. The van der Waals surface area contributed by atoms with E-state index in [2.05, 4.69) is 6.92 Å². The average Bonchev–Trinajstić information content (AvgIpc) is 2.61. The van der Waals surface area contributed by atoms with Crippen LogP contribution in [0.1, 0.15) is 66.2 Å². The van der Waals surface area contributed by atoms with Gasteiger partial charge in [0.1, 0.15) is 24.4 Å². The van der Waals surface area contributed by atoms with Crippen LogP contribution in [-0.4, -0.2) is 68.8 Å². The lowest BCUT2D eigenvalue weighted by atomic mass is 9.98. The number of unbranched alkanes of at least 4 members (excludes halogenated alkanes) is 4. The topological polar surface area (TPSA) is 66.4 Å². The van der Waals surface area contributed by atoms with Crippen molar-refractivity contribution in [1.82, 2.24) is 0 Å². The monoisotopic (exact) mass is 376 g/mol. The predicted octanol–water partition coefficient (Wildman–Crippen LogP) is 3.29. The van der Waals surface area contributed by atoms with Gasteiger partial charge in [-0.15, -0.1) is 0 Å². The number of hydrogen-bond donors (Lipinski definition) is 1. The van der Waals surface area contributed by atoms with Gasteiger partial charge in [-0.2, -0.15) is 0 Å². The summed E-state index contributed by atoms with van der Waals surface area (Å²) in [7, 11) is 1.59. The zero-order valence-corrected chi connectivity index (χ0v) is 17.3. The van der Waals surface area contributed by atoms with Gasteiger partial charge in [0.25, 0.3) is 0 Å². The lowest BCUT2D eigenvalue weighted by Crippen LogP contribution is -2.61. The summed E-state index contributed by atoms with van der Waals surface area (Å²) in [5, 5.41) is 10.7. The van der Waals surface area contributed by atoms with E-state index in [9.17, 15) is 5.11 Å². The second kappa shape index (κ2) is 13.9. The summed E-state index contributed by atoms with van der Waals surface area (Å²) >= 11 is 0. The van der Waals surface area contributed by atoms with Crippen molar-refractivity contribution >= 4 is 0 Å². The summed E-state index contributed by atoms with van der Waals surface area (Å²) in [6.45, 7) is 9.71. The fourth-order valence-corrected chi connectivity index (χ4v) is 3.11. The third-order valence-corrected chi connectivity index (χ3v) is 4.49. The van der Waals surface area contributed by atoms with Crippen molar-refractivity contribution in [1.29, 1.82) is 0 Å². The molecule has 0 spiro atoms. The zero-order chi connectivity index (χ0) is 19.4. The molecule has 5 atom stereocenters. The molecule has 1 heterocycles. The van der Waals surface area contributed by atoms with E-state index in [-0.39, 0.29) is 6.10 Å². The third kappa shape index (κ3) is 8.19. The van der Waals surface area contributed by atoms with Gasteiger partial charge in [0.15, 0.2) is 6.29 Å². The Morgan fingerprint density at radius 1 is 0.962 bits per heavy atom. The molecule has 156 valence electrons. The Morgan fingerprint density at radius 2 is 1.69 bits per heavy atom. The SMILES string of the molecule is CCCCCCCOCC1OC(OC(C)C)C(OC)C(OCCC)C1O. The van der Waals surface area contributed by atoms with Crippen LogP contribution in [0.3, 0.4) is 0 Å². The summed E-state index contributed by atoms with van der Waals surface area (Å²) in [6.07, 6.45) is 3.99. The van der Waals surface area contributed by atoms with Crippen LogP contribution in [-0.2, 0) is 23.7 Å². The van der Waals surface area contributed by atoms with E-state index in [1.807, 2.05) is 20.8 Å². The lowest BCUT2D eigenvalue weighted by Gasteiger charge is -2.44.